The molecule has 2 amide bonds. The second-order valence-electron chi connectivity index (χ2n) is 5.47. The highest BCUT2D eigenvalue weighted by Gasteiger charge is 2.45. The Bertz CT molecular complexity index is 438. The lowest BCUT2D eigenvalue weighted by molar-refractivity contribution is -0.189. The van der Waals surface area contributed by atoms with E-state index in [1.54, 1.807) is 0 Å². The van der Waals surface area contributed by atoms with Crippen molar-refractivity contribution in [2.24, 2.45) is 5.92 Å². The molecule has 0 aromatic heterocycles. The largest absolute Gasteiger partial charge is 0.440 e. The van der Waals surface area contributed by atoms with E-state index in [0.717, 1.165) is 0 Å². The molecule has 24 heavy (non-hydrogen) atoms. The van der Waals surface area contributed by atoms with Crippen LogP contribution in [0.25, 0.3) is 0 Å². The van der Waals surface area contributed by atoms with Crippen molar-refractivity contribution in [3.05, 3.63) is 0 Å². The fourth-order valence-corrected chi connectivity index (χ4v) is 2.45. The Labute approximate surface area is 134 Å². The van der Waals surface area contributed by atoms with Crippen LogP contribution in [-0.2, 0) is 9.53 Å². The minimum absolute atomic E-state index is 0.0591. The van der Waals surface area contributed by atoms with Crippen molar-refractivity contribution in [2.75, 3.05) is 13.2 Å². The molecule has 140 valence electrons. The number of alkyl carbamates (subject to hydrolysis) is 1. The first kappa shape index (κ1) is 20.4. The van der Waals surface area contributed by atoms with Gasteiger partial charge in [-0.05, 0) is 12.8 Å². The van der Waals surface area contributed by atoms with E-state index in [4.69, 9.17) is 0 Å². The summed E-state index contributed by atoms with van der Waals surface area (Å²) in [5.41, 5.74) is 0. The van der Waals surface area contributed by atoms with Crippen molar-refractivity contribution in [3.8, 4) is 0 Å². The summed E-state index contributed by atoms with van der Waals surface area (Å²) in [5, 5.41) is 4.20. The van der Waals surface area contributed by atoms with Gasteiger partial charge in [0.05, 0.1) is 5.92 Å². The summed E-state index contributed by atoms with van der Waals surface area (Å²) in [6.07, 6.45) is -9.63. The Balaban J connectivity index is 2.31. The first-order valence-electron chi connectivity index (χ1n) is 7.32. The van der Waals surface area contributed by atoms with Crippen LogP contribution in [0.3, 0.4) is 0 Å². The van der Waals surface area contributed by atoms with Gasteiger partial charge < -0.3 is 15.4 Å². The normalized spacial score (nSPS) is 21.9. The molecule has 11 heteroatoms. The van der Waals surface area contributed by atoms with Gasteiger partial charge in [0.25, 0.3) is 0 Å². The maximum Gasteiger partial charge on any atom is 0.422 e. The standard InChI is InChI=1S/C13H18F6N2O3/c14-12(15,16)7-24-11(23)20-6-5-10(22)21-9-4-2-1-3-8(9)13(17,18)19/h8-9H,1-7H2,(H,20,23)(H,21,22). The van der Waals surface area contributed by atoms with Crippen LogP contribution in [0, 0.1) is 5.92 Å². The molecule has 2 N–H and O–H groups in total. The van der Waals surface area contributed by atoms with Crippen LogP contribution in [0.5, 0.6) is 0 Å². The molecule has 0 heterocycles. The van der Waals surface area contributed by atoms with Gasteiger partial charge in [-0.15, -0.1) is 0 Å². The van der Waals surface area contributed by atoms with Crippen molar-refractivity contribution in [3.63, 3.8) is 0 Å². The van der Waals surface area contributed by atoms with E-state index in [1.165, 1.54) is 0 Å². The van der Waals surface area contributed by atoms with Crippen molar-refractivity contribution in [1.29, 1.82) is 0 Å². The highest BCUT2D eigenvalue weighted by Crippen LogP contribution is 2.37. The van der Waals surface area contributed by atoms with Gasteiger partial charge in [-0.25, -0.2) is 4.79 Å². The van der Waals surface area contributed by atoms with Crippen molar-refractivity contribution >= 4 is 12.0 Å². The first-order valence-corrected chi connectivity index (χ1v) is 7.32. The van der Waals surface area contributed by atoms with Gasteiger partial charge in [-0.2, -0.15) is 26.3 Å². The number of carbonyl (C=O) groups excluding carboxylic acids is 2. The highest BCUT2D eigenvalue weighted by atomic mass is 19.4. The molecule has 1 saturated carbocycles. The monoisotopic (exact) mass is 364 g/mol. The van der Waals surface area contributed by atoms with Gasteiger partial charge >= 0.3 is 18.4 Å². The number of halogens is 6. The third kappa shape index (κ3) is 7.73. The summed E-state index contributed by atoms with van der Waals surface area (Å²) >= 11 is 0. The summed E-state index contributed by atoms with van der Waals surface area (Å²) in [4.78, 5) is 22.6. The second-order valence-corrected chi connectivity index (χ2v) is 5.47. The van der Waals surface area contributed by atoms with Crippen LogP contribution in [0.1, 0.15) is 32.1 Å². The Morgan fingerprint density at radius 1 is 1.04 bits per heavy atom. The molecule has 1 aliphatic rings. The van der Waals surface area contributed by atoms with E-state index >= 15 is 0 Å². The quantitative estimate of drug-likeness (QED) is 0.737. The zero-order valence-corrected chi connectivity index (χ0v) is 12.6. The second kappa shape index (κ2) is 8.43. The van der Waals surface area contributed by atoms with Crippen LogP contribution in [0.15, 0.2) is 0 Å². The van der Waals surface area contributed by atoms with Gasteiger partial charge in [0.1, 0.15) is 0 Å². The van der Waals surface area contributed by atoms with Crippen LogP contribution in [0.4, 0.5) is 31.1 Å². The number of carbonyl (C=O) groups is 2. The summed E-state index contributed by atoms with van der Waals surface area (Å²) in [5.74, 6) is -2.33. The fourth-order valence-electron chi connectivity index (χ4n) is 2.45. The minimum Gasteiger partial charge on any atom is -0.440 e. The Kier molecular flexibility index (Phi) is 7.15. The lowest BCUT2D eigenvalue weighted by Gasteiger charge is -2.33. The zero-order chi connectivity index (χ0) is 18.4. The number of alkyl halides is 6. The molecule has 1 fully saturated rings. The predicted molar refractivity (Wildman–Crippen MR) is 70.0 cm³/mol. The van der Waals surface area contributed by atoms with E-state index in [9.17, 15) is 35.9 Å². The molecular formula is C13H18F6N2O3. The topological polar surface area (TPSA) is 67.4 Å². The Hall–Kier alpha value is -1.68. The maximum absolute atomic E-state index is 12.9. The SMILES string of the molecule is O=C(CCNC(=O)OCC(F)(F)F)NC1CCCCC1C(F)(F)F. The minimum atomic E-state index is -4.66. The van der Waals surface area contributed by atoms with Crippen LogP contribution in [-0.4, -0.2) is 43.5 Å². The average Bonchev–Trinajstić information content (AvgIpc) is 2.44. The average molecular weight is 364 g/mol. The van der Waals surface area contributed by atoms with E-state index < -0.39 is 42.9 Å². The molecule has 5 nitrogen and oxygen atoms in total. The lowest BCUT2D eigenvalue weighted by Crippen LogP contribution is -2.48. The predicted octanol–water partition coefficient (Wildman–Crippen LogP) is 2.90. The van der Waals surface area contributed by atoms with Gasteiger partial charge in [0.2, 0.25) is 5.91 Å². The number of amides is 2. The summed E-state index contributed by atoms with van der Waals surface area (Å²) in [6.45, 7) is -2.10. The molecule has 0 aliphatic heterocycles. The van der Waals surface area contributed by atoms with E-state index in [-0.39, 0.29) is 25.8 Å². The smallest absolute Gasteiger partial charge is 0.422 e. The van der Waals surface area contributed by atoms with Crippen molar-refractivity contribution < 1.29 is 40.7 Å². The Morgan fingerprint density at radius 2 is 1.67 bits per heavy atom. The third-order valence-electron chi connectivity index (χ3n) is 3.52. The number of rotatable bonds is 5. The van der Waals surface area contributed by atoms with Crippen LogP contribution < -0.4 is 10.6 Å². The number of hydrogen-bond donors (Lipinski definition) is 2. The lowest BCUT2D eigenvalue weighted by atomic mass is 9.84. The molecule has 0 aromatic rings. The molecule has 1 rings (SSSR count). The van der Waals surface area contributed by atoms with E-state index in [1.807, 2.05) is 5.32 Å². The summed E-state index contributed by atoms with van der Waals surface area (Å²) in [6, 6.07) is -1.02. The number of hydrogen-bond acceptors (Lipinski definition) is 3. The first-order chi connectivity index (χ1) is 11.0. The molecule has 0 radical (unpaired) electrons. The molecule has 0 aromatic carbocycles. The van der Waals surface area contributed by atoms with E-state index in [2.05, 4.69) is 10.1 Å². The summed E-state index contributed by atoms with van der Waals surface area (Å²) < 4.78 is 77.8. The van der Waals surface area contributed by atoms with Crippen LogP contribution in [0.2, 0.25) is 0 Å². The highest BCUT2D eigenvalue weighted by molar-refractivity contribution is 5.77. The molecule has 0 saturated heterocycles. The number of ether oxygens (including phenoxy) is 1. The van der Waals surface area contributed by atoms with Gasteiger partial charge in [0.15, 0.2) is 6.61 Å². The van der Waals surface area contributed by atoms with Gasteiger partial charge in [0, 0.05) is 19.0 Å². The van der Waals surface area contributed by atoms with E-state index in [0.29, 0.717) is 12.8 Å². The summed E-state index contributed by atoms with van der Waals surface area (Å²) in [7, 11) is 0. The third-order valence-corrected chi connectivity index (χ3v) is 3.52. The van der Waals surface area contributed by atoms with Crippen LogP contribution >= 0.6 is 0 Å². The molecule has 0 bridgehead atoms. The van der Waals surface area contributed by atoms with Crippen molar-refractivity contribution in [2.45, 2.75) is 50.5 Å². The van der Waals surface area contributed by atoms with Gasteiger partial charge in [-0.1, -0.05) is 12.8 Å². The fraction of sp³-hybridized carbons (Fsp3) is 0.846. The number of nitrogens with one attached hydrogen (secondary N) is 2. The molecule has 0 spiro atoms. The van der Waals surface area contributed by atoms with Crippen molar-refractivity contribution in [1.82, 2.24) is 10.6 Å². The zero-order valence-electron chi connectivity index (χ0n) is 12.6. The molecular weight excluding hydrogens is 346 g/mol. The molecule has 2 unspecified atom stereocenters. The maximum atomic E-state index is 12.9. The molecule has 2 atom stereocenters. The molecule has 1 aliphatic carbocycles. The Morgan fingerprint density at radius 3 is 2.25 bits per heavy atom. The van der Waals surface area contributed by atoms with Gasteiger partial charge in [-0.3, -0.25) is 4.79 Å².